The van der Waals surface area contributed by atoms with Crippen molar-refractivity contribution in [2.45, 2.75) is 6.61 Å². The lowest BCUT2D eigenvalue weighted by atomic mass is 10.2. The molecule has 0 unspecified atom stereocenters. The number of hydrogen-bond donors (Lipinski definition) is 0. The van der Waals surface area contributed by atoms with Crippen molar-refractivity contribution >= 4 is 87.5 Å². The average Bonchev–Trinajstić information content (AvgIpc) is 3.39. The number of nitrogens with zero attached hydrogens (tertiary/aromatic N) is 3. The number of benzene rings is 4. The number of fused-ring (bicyclic) bond motifs is 2. The highest BCUT2D eigenvalue weighted by Gasteiger charge is 2.17. The van der Waals surface area contributed by atoms with Crippen LogP contribution in [-0.2, 0) is 6.61 Å². The normalized spacial score (nSPS) is 11.5. The van der Waals surface area contributed by atoms with Crippen LogP contribution in [-0.4, -0.2) is 23.0 Å². The van der Waals surface area contributed by atoms with E-state index < -0.39 is 0 Å². The summed E-state index contributed by atoms with van der Waals surface area (Å²) in [5, 5.41) is 6.15. The molecule has 0 saturated carbocycles. The molecule has 0 amide bonds. The van der Waals surface area contributed by atoms with Gasteiger partial charge in [-0.05, 0) is 66.2 Å². The van der Waals surface area contributed by atoms with Gasteiger partial charge in [-0.15, -0.1) is 0 Å². The minimum absolute atomic E-state index is 0.264. The number of halogens is 4. The molecule has 0 atom stereocenters. The molecule has 0 fully saturated rings. The van der Waals surface area contributed by atoms with Gasteiger partial charge in [-0.1, -0.05) is 77.6 Å². The molecule has 4 aromatic carbocycles. The van der Waals surface area contributed by atoms with Crippen LogP contribution in [0.5, 0.6) is 11.5 Å². The van der Waals surface area contributed by atoms with Crippen LogP contribution in [0.3, 0.4) is 0 Å². The molecular formula is C31H19Br3ClN3O4. The molecule has 0 aliphatic rings. The van der Waals surface area contributed by atoms with Crippen molar-refractivity contribution in [1.82, 2.24) is 9.66 Å². The molecule has 0 N–H and O–H groups in total. The predicted molar refractivity (Wildman–Crippen MR) is 176 cm³/mol. The Morgan fingerprint density at radius 2 is 1.79 bits per heavy atom. The summed E-state index contributed by atoms with van der Waals surface area (Å²) in [6.45, 7) is 0.271. The number of furan rings is 1. The summed E-state index contributed by atoms with van der Waals surface area (Å²) in [5.41, 5.74) is 2.39. The van der Waals surface area contributed by atoms with E-state index in [2.05, 4.69) is 52.9 Å². The number of para-hydroxylation sites is 1. The SMILES string of the molecule is COc1cc(C=Nn2c(-c3cc4cc(Br)ccc4o3)nc3ccccc3c2=O)cc(Cl)c1OCc1ccc(Br)cc1Br. The van der Waals surface area contributed by atoms with Crippen LogP contribution in [0.1, 0.15) is 11.1 Å². The first-order valence-electron chi connectivity index (χ1n) is 12.5. The fourth-order valence-electron chi connectivity index (χ4n) is 4.38. The lowest BCUT2D eigenvalue weighted by Gasteiger charge is -2.14. The fourth-order valence-corrected chi connectivity index (χ4v) is 6.20. The summed E-state index contributed by atoms with van der Waals surface area (Å²) in [5.74, 6) is 1.48. The molecule has 0 saturated heterocycles. The summed E-state index contributed by atoms with van der Waals surface area (Å²) in [7, 11) is 1.53. The highest BCUT2D eigenvalue weighted by atomic mass is 79.9. The number of aromatic nitrogens is 2. The second-order valence-electron chi connectivity index (χ2n) is 9.17. The quantitative estimate of drug-likeness (QED) is 0.151. The second kappa shape index (κ2) is 12.0. The topological polar surface area (TPSA) is 78.9 Å². The molecule has 0 spiro atoms. The lowest BCUT2D eigenvalue weighted by molar-refractivity contribution is 0.284. The van der Waals surface area contributed by atoms with Gasteiger partial charge in [0.25, 0.3) is 5.56 Å². The van der Waals surface area contributed by atoms with E-state index in [4.69, 9.17) is 30.5 Å². The Bertz CT molecular complexity index is 2070. The predicted octanol–water partition coefficient (Wildman–Crippen LogP) is 9.22. The van der Waals surface area contributed by atoms with E-state index >= 15 is 0 Å². The molecule has 0 radical (unpaired) electrons. The van der Waals surface area contributed by atoms with Gasteiger partial charge in [0.15, 0.2) is 17.3 Å². The molecule has 6 aromatic rings. The average molecular weight is 773 g/mol. The van der Waals surface area contributed by atoms with Crippen molar-refractivity contribution in [3.63, 3.8) is 0 Å². The lowest BCUT2D eigenvalue weighted by Crippen LogP contribution is -2.20. The molecule has 7 nitrogen and oxygen atoms in total. The third-order valence-electron chi connectivity index (χ3n) is 6.41. The number of rotatable bonds is 7. The second-order valence-corrected chi connectivity index (χ2v) is 12.3. The molecule has 0 aliphatic heterocycles. The summed E-state index contributed by atoms with van der Waals surface area (Å²) in [4.78, 5) is 18.3. The fraction of sp³-hybridized carbons (Fsp3) is 0.0645. The molecule has 0 aliphatic carbocycles. The molecule has 2 aromatic heterocycles. The van der Waals surface area contributed by atoms with Crippen LogP contribution in [0.15, 0.2) is 107 Å². The van der Waals surface area contributed by atoms with Crippen LogP contribution < -0.4 is 15.0 Å². The van der Waals surface area contributed by atoms with Crippen LogP contribution in [0.2, 0.25) is 5.02 Å². The van der Waals surface area contributed by atoms with Crippen molar-refractivity contribution in [3.05, 3.63) is 119 Å². The van der Waals surface area contributed by atoms with E-state index in [1.165, 1.54) is 18.0 Å². The molecule has 2 heterocycles. The zero-order chi connectivity index (χ0) is 29.4. The van der Waals surface area contributed by atoms with Crippen LogP contribution in [0, 0.1) is 0 Å². The van der Waals surface area contributed by atoms with Gasteiger partial charge in [0, 0.05) is 24.4 Å². The summed E-state index contributed by atoms with van der Waals surface area (Å²) in [6.07, 6.45) is 1.52. The summed E-state index contributed by atoms with van der Waals surface area (Å²) >= 11 is 17.1. The van der Waals surface area contributed by atoms with Crippen molar-refractivity contribution in [3.8, 4) is 23.1 Å². The van der Waals surface area contributed by atoms with Gasteiger partial charge < -0.3 is 13.9 Å². The maximum atomic E-state index is 13.6. The van der Waals surface area contributed by atoms with E-state index in [-0.39, 0.29) is 18.0 Å². The zero-order valence-electron chi connectivity index (χ0n) is 21.8. The summed E-state index contributed by atoms with van der Waals surface area (Å²) in [6, 6.07) is 23.9. The number of ether oxygens (including phenoxy) is 2. The largest absolute Gasteiger partial charge is 0.493 e. The Hall–Kier alpha value is -3.44. The third-order valence-corrected chi connectivity index (χ3v) is 8.42. The number of hydrogen-bond acceptors (Lipinski definition) is 6. The maximum Gasteiger partial charge on any atom is 0.282 e. The van der Waals surface area contributed by atoms with E-state index in [9.17, 15) is 4.79 Å². The van der Waals surface area contributed by atoms with Gasteiger partial charge in [0.2, 0.25) is 5.82 Å². The molecule has 11 heteroatoms. The monoisotopic (exact) mass is 769 g/mol. The van der Waals surface area contributed by atoms with Crippen LogP contribution in [0.4, 0.5) is 0 Å². The van der Waals surface area contributed by atoms with Gasteiger partial charge in [0.1, 0.15) is 12.2 Å². The smallest absolute Gasteiger partial charge is 0.282 e. The number of methoxy groups -OCH3 is 1. The van der Waals surface area contributed by atoms with Crippen molar-refractivity contribution in [2.24, 2.45) is 5.10 Å². The maximum absolute atomic E-state index is 13.6. The van der Waals surface area contributed by atoms with Crippen molar-refractivity contribution in [2.75, 3.05) is 7.11 Å². The highest BCUT2D eigenvalue weighted by Crippen LogP contribution is 2.37. The Morgan fingerprint density at radius 3 is 2.60 bits per heavy atom. The molecule has 0 bridgehead atoms. The van der Waals surface area contributed by atoms with E-state index in [1.54, 1.807) is 30.3 Å². The van der Waals surface area contributed by atoms with E-state index in [0.29, 0.717) is 44.3 Å². The van der Waals surface area contributed by atoms with E-state index in [0.717, 1.165) is 24.4 Å². The first kappa shape index (κ1) is 28.7. The van der Waals surface area contributed by atoms with Gasteiger partial charge in [-0.2, -0.15) is 9.78 Å². The molecule has 210 valence electrons. The minimum Gasteiger partial charge on any atom is -0.493 e. The molecule has 6 rings (SSSR count). The Labute approximate surface area is 270 Å². The van der Waals surface area contributed by atoms with Gasteiger partial charge in [-0.25, -0.2) is 4.98 Å². The zero-order valence-corrected chi connectivity index (χ0v) is 27.3. The van der Waals surface area contributed by atoms with Crippen LogP contribution in [0.25, 0.3) is 33.5 Å². The Kier molecular flexibility index (Phi) is 8.22. The Morgan fingerprint density at radius 1 is 1.00 bits per heavy atom. The van der Waals surface area contributed by atoms with Gasteiger partial charge >= 0.3 is 0 Å². The van der Waals surface area contributed by atoms with Gasteiger partial charge in [-0.3, -0.25) is 4.79 Å². The van der Waals surface area contributed by atoms with Gasteiger partial charge in [0.05, 0.1) is 29.2 Å². The van der Waals surface area contributed by atoms with Crippen molar-refractivity contribution in [1.29, 1.82) is 0 Å². The molecular weight excluding hydrogens is 754 g/mol. The standard InChI is InChI=1S/C31H19Br3ClN3O4/c1-40-27-11-17(10-24(35)29(27)41-16-18-6-7-21(33)14-23(18)34)15-36-38-30(37-25-5-3-2-4-22(25)31(38)39)28-13-19-12-20(32)8-9-26(19)42-28/h2-15H,16H2,1H3. The first-order valence-corrected chi connectivity index (χ1v) is 15.3. The molecule has 42 heavy (non-hydrogen) atoms. The van der Waals surface area contributed by atoms with E-state index in [1.807, 2.05) is 48.5 Å². The third kappa shape index (κ3) is 5.76. The van der Waals surface area contributed by atoms with Crippen LogP contribution >= 0.6 is 59.4 Å². The highest BCUT2D eigenvalue weighted by molar-refractivity contribution is 9.11. The minimum atomic E-state index is -0.341. The first-order chi connectivity index (χ1) is 20.3. The Balaban J connectivity index is 1.39. The summed E-state index contributed by atoms with van der Waals surface area (Å²) < 4.78 is 21.7. The van der Waals surface area contributed by atoms with Crippen molar-refractivity contribution < 1.29 is 13.9 Å².